The summed E-state index contributed by atoms with van der Waals surface area (Å²) >= 11 is 0. The summed E-state index contributed by atoms with van der Waals surface area (Å²) in [6.07, 6.45) is 4.46. The van der Waals surface area contributed by atoms with E-state index in [1.807, 2.05) is 17.0 Å². The number of hydrogen-bond acceptors (Lipinski definition) is 6. The summed E-state index contributed by atoms with van der Waals surface area (Å²) in [6.45, 7) is 3.69. The van der Waals surface area contributed by atoms with Crippen LogP contribution in [0, 0.1) is 5.92 Å². The molecule has 3 heterocycles. The number of ether oxygens (including phenoxy) is 2. The first-order valence-corrected chi connectivity index (χ1v) is 10.6. The molecule has 2 N–H and O–H groups in total. The minimum absolute atomic E-state index is 0.00434. The zero-order valence-corrected chi connectivity index (χ0v) is 17.2. The van der Waals surface area contributed by atoms with Gasteiger partial charge in [0.05, 0.1) is 24.0 Å². The molecule has 0 aliphatic carbocycles. The first-order chi connectivity index (χ1) is 14.6. The van der Waals surface area contributed by atoms with E-state index in [1.165, 1.54) is 0 Å². The summed E-state index contributed by atoms with van der Waals surface area (Å²) in [4.78, 5) is 34.1. The molecule has 2 aliphatic rings. The van der Waals surface area contributed by atoms with Gasteiger partial charge in [-0.2, -0.15) is 0 Å². The standard InChI is InChI=1S/C21H28N4O5/c1-2-3-5-14(12-24(28)13-26)21(27)25-9-4-6-16(25)20-22-15-7-8-17-19(18(15)23-20)30-11-10-29-17/h7-8,13-14,16,28H,2-6,9-12H2,1H3,(H,22,23). The Balaban J connectivity index is 1.59. The van der Waals surface area contributed by atoms with Gasteiger partial charge < -0.3 is 19.4 Å². The smallest absolute Gasteiger partial charge is 0.233 e. The van der Waals surface area contributed by atoms with Gasteiger partial charge in [0.2, 0.25) is 12.3 Å². The Hall–Kier alpha value is -2.81. The normalized spacial score (nSPS) is 19.1. The van der Waals surface area contributed by atoms with Crippen LogP contribution in [0.1, 0.15) is 50.9 Å². The molecule has 2 unspecified atom stereocenters. The number of hydrogen-bond donors (Lipinski definition) is 2. The van der Waals surface area contributed by atoms with E-state index in [-0.39, 0.29) is 18.5 Å². The van der Waals surface area contributed by atoms with Gasteiger partial charge in [0.15, 0.2) is 11.5 Å². The van der Waals surface area contributed by atoms with Crippen molar-refractivity contribution in [3.05, 3.63) is 18.0 Å². The molecular formula is C21H28N4O5. The number of carbonyl (C=O) groups is 2. The van der Waals surface area contributed by atoms with Crippen molar-refractivity contribution in [2.75, 3.05) is 26.3 Å². The monoisotopic (exact) mass is 416 g/mol. The number of H-pyrrole nitrogens is 1. The van der Waals surface area contributed by atoms with Gasteiger partial charge in [0.1, 0.15) is 24.6 Å². The predicted molar refractivity (Wildman–Crippen MR) is 108 cm³/mol. The molecule has 9 heteroatoms. The first kappa shape index (κ1) is 20.5. The summed E-state index contributed by atoms with van der Waals surface area (Å²) < 4.78 is 11.4. The second kappa shape index (κ2) is 8.91. The van der Waals surface area contributed by atoms with Crippen molar-refractivity contribution >= 4 is 23.4 Å². The Morgan fingerprint density at radius 2 is 2.27 bits per heavy atom. The van der Waals surface area contributed by atoms with E-state index < -0.39 is 5.92 Å². The molecule has 2 aromatic rings. The highest BCUT2D eigenvalue weighted by molar-refractivity contribution is 5.85. The maximum atomic E-state index is 13.3. The van der Waals surface area contributed by atoms with Crippen LogP contribution in [0.5, 0.6) is 11.5 Å². The maximum Gasteiger partial charge on any atom is 0.233 e. The van der Waals surface area contributed by atoms with Gasteiger partial charge in [0, 0.05) is 6.54 Å². The third kappa shape index (κ3) is 3.94. The molecule has 1 fully saturated rings. The van der Waals surface area contributed by atoms with Crippen LogP contribution in [0.3, 0.4) is 0 Å². The third-order valence-electron chi connectivity index (χ3n) is 5.81. The van der Waals surface area contributed by atoms with E-state index in [4.69, 9.17) is 14.5 Å². The number of nitrogens with one attached hydrogen (secondary N) is 1. The number of carbonyl (C=O) groups excluding carboxylic acids is 2. The van der Waals surface area contributed by atoms with E-state index in [1.54, 1.807) is 0 Å². The minimum Gasteiger partial charge on any atom is -0.486 e. The van der Waals surface area contributed by atoms with Crippen LogP contribution in [0.2, 0.25) is 0 Å². The molecule has 2 amide bonds. The first-order valence-electron chi connectivity index (χ1n) is 10.6. The van der Waals surface area contributed by atoms with E-state index in [0.29, 0.717) is 54.7 Å². The molecule has 1 aromatic carbocycles. The molecule has 9 nitrogen and oxygen atoms in total. The molecule has 30 heavy (non-hydrogen) atoms. The molecule has 2 atom stereocenters. The van der Waals surface area contributed by atoms with Crippen LogP contribution >= 0.6 is 0 Å². The molecule has 1 saturated heterocycles. The molecule has 0 radical (unpaired) electrons. The van der Waals surface area contributed by atoms with Crippen molar-refractivity contribution in [1.82, 2.24) is 19.9 Å². The lowest BCUT2D eigenvalue weighted by Gasteiger charge is -2.29. The van der Waals surface area contributed by atoms with Gasteiger partial charge in [-0.3, -0.25) is 14.8 Å². The van der Waals surface area contributed by atoms with Crippen molar-refractivity contribution in [2.24, 2.45) is 5.92 Å². The largest absolute Gasteiger partial charge is 0.486 e. The van der Waals surface area contributed by atoms with Crippen molar-refractivity contribution < 1.29 is 24.3 Å². The number of hydroxylamine groups is 2. The van der Waals surface area contributed by atoms with Crippen LogP contribution < -0.4 is 9.47 Å². The number of likely N-dealkylation sites (tertiary alicyclic amines) is 1. The lowest BCUT2D eigenvalue weighted by atomic mass is 9.99. The highest BCUT2D eigenvalue weighted by atomic mass is 16.6. The molecule has 0 bridgehead atoms. The number of aromatic amines is 1. The molecule has 2 aliphatic heterocycles. The van der Waals surface area contributed by atoms with Gasteiger partial charge in [-0.05, 0) is 31.4 Å². The molecule has 1 aromatic heterocycles. The summed E-state index contributed by atoms with van der Waals surface area (Å²) in [6, 6.07) is 3.61. The maximum absolute atomic E-state index is 13.3. The van der Waals surface area contributed by atoms with Crippen molar-refractivity contribution in [3.63, 3.8) is 0 Å². The van der Waals surface area contributed by atoms with Crippen LogP contribution in [0.25, 0.3) is 11.0 Å². The van der Waals surface area contributed by atoms with Gasteiger partial charge in [-0.1, -0.05) is 19.8 Å². The molecule has 162 valence electrons. The van der Waals surface area contributed by atoms with Gasteiger partial charge in [0.25, 0.3) is 0 Å². The fourth-order valence-electron chi connectivity index (χ4n) is 4.32. The Morgan fingerprint density at radius 3 is 3.07 bits per heavy atom. The fraction of sp³-hybridized carbons (Fsp3) is 0.571. The molecule has 4 rings (SSSR count). The van der Waals surface area contributed by atoms with Crippen molar-refractivity contribution in [1.29, 1.82) is 0 Å². The second-order valence-corrected chi connectivity index (χ2v) is 7.86. The Bertz CT molecular complexity index is 914. The summed E-state index contributed by atoms with van der Waals surface area (Å²) in [5.41, 5.74) is 1.56. The number of fused-ring (bicyclic) bond motifs is 3. The third-order valence-corrected chi connectivity index (χ3v) is 5.81. The van der Waals surface area contributed by atoms with E-state index >= 15 is 0 Å². The highest BCUT2D eigenvalue weighted by Gasteiger charge is 2.36. The minimum atomic E-state index is -0.436. The van der Waals surface area contributed by atoms with Gasteiger partial charge in [-0.15, -0.1) is 0 Å². The number of unbranched alkanes of at least 4 members (excludes halogenated alkanes) is 1. The zero-order chi connectivity index (χ0) is 21.1. The fourth-order valence-corrected chi connectivity index (χ4v) is 4.32. The number of aromatic nitrogens is 2. The second-order valence-electron chi connectivity index (χ2n) is 7.86. The number of rotatable bonds is 8. The predicted octanol–water partition coefficient (Wildman–Crippen LogP) is 2.65. The van der Waals surface area contributed by atoms with Crippen LogP contribution in [0.4, 0.5) is 0 Å². The van der Waals surface area contributed by atoms with Crippen LogP contribution in [-0.4, -0.2) is 63.8 Å². The van der Waals surface area contributed by atoms with Gasteiger partial charge in [-0.25, -0.2) is 10.0 Å². The lowest BCUT2D eigenvalue weighted by Crippen LogP contribution is -2.40. The number of nitrogens with zero attached hydrogens (tertiary/aromatic N) is 3. The van der Waals surface area contributed by atoms with Gasteiger partial charge >= 0.3 is 0 Å². The Labute approximate surface area is 174 Å². The quantitative estimate of drug-likeness (QED) is 0.389. The average molecular weight is 416 g/mol. The molecule has 0 saturated carbocycles. The number of benzene rings is 1. The summed E-state index contributed by atoms with van der Waals surface area (Å²) in [5.74, 6) is 1.56. The highest BCUT2D eigenvalue weighted by Crippen LogP contribution is 2.39. The van der Waals surface area contributed by atoms with E-state index in [0.717, 1.165) is 37.0 Å². The average Bonchev–Trinajstić information content (AvgIpc) is 3.42. The van der Waals surface area contributed by atoms with Crippen molar-refractivity contribution in [3.8, 4) is 11.5 Å². The number of imidazole rings is 1. The van der Waals surface area contributed by atoms with Crippen LogP contribution in [0.15, 0.2) is 12.1 Å². The summed E-state index contributed by atoms with van der Waals surface area (Å²) in [5, 5.41) is 10.2. The lowest BCUT2D eigenvalue weighted by molar-refractivity contribution is -0.157. The van der Waals surface area contributed by atoms with E-state index in [9.17, 15) is 14.8 Å². The topological polar surface area (TPSA) is 108 Å². The SMILES string of the molecule is CCCCC(CN(O)C=O)C(=O)N1CCCC1c1nc2c3c(ccc2[nH]1)OCCO3. The molecular weight excluding hydrogens is 388 g/mol. The van der Waals surface area contributed by atoms with Crippen molar-refractivity contribution in [2.45, 2.75) is 45.1 Å². The Kier molecular flexibility index (Phi) is 6.08. The zero-order valence-electron chi connectivity index (χ0n) is 17.2. The molecule has 0 spiro atoms. The van der Waals surface area contributed by atoms with Crippen LogP contribution in [-0.2, 0) is 9.59 Å². The van der Waals surface area contributed by atoms with E-state index in [2.05, 4.69) is 11.9 Å². The number of amides is 2. The Morgan fingerprint density at radius 1 is 1.43 bits per heavy atom. The summed E-state index contributed by atoms with van der Waals surface area (Å²) in [7, 11) is 0.